The third-order valence-corrected chi connectivity index (χ3v) is 4.24. The summed E-state index contributed by atoms with van der Waals surface area (Å²) >= 11 is 0. The van der Waals surface area contributed by atoms with Crippen LogP contribution in [0.15, 0.2) is 11.6 Å². The summed E-state index contributed by atoms with van der Waals surface area (Å²) in [5.74, 6) is 0. The molecule has 0 amide bonds. The van der Waals surface area contributed by atoms with Crippen LogP contribution < -0.4 is 0 Å². The Morgan fingerprint density at radius 2 is 2.08 bits per heavy atom. The molecule has 1 aliphatic heterocycles. The second kappa shape index (κ2) is 3.13. The van der Waals surface area contributed by atoms with Crippen LogP contribution >= 0.6 is 0 Å². The molecule has 2 unspecified atom stereocenters. The standard InChI is InChI=1S/C12H23N/c1-7-10(3)11(4,5)12(6)9-13(12)8-2/h7H,8-9H2,1-6H3/b10-7+. The summed E-state index contributed by atoms with van der Waals surface area (Å²) in [6.07, 6.45) is 2.25. The van der Waals surface area contributed by atoms with Crippen LogP contribution in [0, 0.1) is 5.41 Å². The fourth-order valence-electron chi connectivity index (χ4n) is 2.18. The molecule has 1 fully saturated rings. The van der Waals surface area contributed by atoms with Gasteiger partial charge < -0.3 is 0 Å². The summed E-state index contributed by atoms with van der Waals surface area (Å²) in [7, 11) is 0. The minimum atomic E-state index is 0.317. The highest BCUT2D eigenvalue weighted by Crippen LogP contribution is 2.50. The molecule has 1 aliphatic rings. The van der Waals surface area contributed by atoms with Gasteiger partial charge in [0.05, 0.1) is 0 Å². The molecule has 0 bridgehead atoms. The molecular formula is C12H23N. The van der Waals surface area contributed by atoms with Crippen molar-refractivity contribution in [2.24, 2.45) is 5.41 Å². The Morgan fingerprint density at radius 1 is 1.54 bits per heavy atom. The van der Waals surface area contributed by atoms with Crippen molar-refractivity contribution >= 4 is 0 Å². The normalized spacial score (nSPS) is 34.9. The van der Waals surface area contributed by atoms with Gasteiger partial charge >= 0.3 is 0 Å². The van der Waals surface area contributed by atoms with E-state index in [1.54, 1.807) is 0 Å². The van der Waals surface area contributed by atoms with E-state index in [-0.39, 0.29) is 0 Å². The number of rotatable bonds is 3. The smallest absolute Gasteiger partial charge is 0.0396 e. The number of hydrogen-bond acceptors (Lipinski definition) is 1. The molecule has 1 heterocycles. The second-order valence-electron chi connectivity index (χ2n) is 4.88. The van der Waals surface area contributed by atoms with Gasteiger partial charge in [-0.05, 0) is 27.3 Å². The highest BCUT2D eigenvalue weighted by molar-refractivity contribution is 5.24. The lowest BCUT2D eigenvalue weighted by Crippen LogP contribution is -2.35. The van der Waals surface area contributed by atoms with E-state index in [1.807, 2.05) is 0 Å². The number of allylic oxidation sites excluding steroid dienone is 1. The Labute approximate surface area is 82.8 Å². The summed E-state index contributed by atoms with van der Waals surface area (Å²) in [5.41, 5.74) is 2.22. The monoisotopic (exact) mass is 181 g/mol. The van der Waals surface area contributed by atoms with E-state index in [0.717, 1.165) is 0 Å². The molecule has 0 radical (unpaired) electrons. The van der Waals surface area contributed by atoms with E-state index < -0.39 is 0 Å². The van der Waals surface area contributed by atoms with Gasteiger partial charge in [0.15, 0.2) is 0 Å². The first-order valence-electron chi connectivity index (χ1n) is 5.28. The van der Waals surface area contributed by atoms with Crippen molar-refractivity contribution in [3.8, 4) is 0 Å². The van der Waals surface area contributed by atoms with Crippen molar-refractivity contribution in [1.29, 1.82) is 0 Å². The maximum absolute atomic E-state index is 2.54. The fourth-order valence-corrected chi connectivity index (χ4v) is 2.18. The van der Waals surface area contributed by atoms with Crippen LogP contribution in [0.1, 0.15) is 41.5 Å². The average Bonchev–Trinajstić information content (AvgIpc) is 2.77. The zero-order valence-corrected chi connectivity index (χ0v) is 9.94. The number of hydrogen-bond donors (Lipinski definition) is 0. The Bertz CT molecular complexity index is 227. The maximum atomic E-state index is 2.54. The Balaban J connectivity index is 2.83. The number of nitrogens with zero attached hydrogens (tertiary/aromatic N) is 1. The molecule has 2 atom stereocenters. The molecular weight excluding hydrogens is 158 g/mol. The highest BCUT2D eigenvalue weighted by atomic mass is 15.4. The van der Waals surface area contributed by atoms with Crippen LogP contribution in [0.25, 0.3) is 0 Å². The molecule has 0 aromatic rings. The molecule has 1 heteroatoms. The van der Waals surface area contributed by atoms with Gasteiger partial charge in [-0.15, -0.1) is 0 Å². The molecule has 0 spiro atoms. The first-order chi connectivity index (χ1) is 5.90. The Kier molecular flexibility index (Phi) is 2.59. The van der Waals surface area contributed by atoms with Crippen molar-refractivity contribution in [2.45, 2.75) is 47.1 Å². The van der Waals surface area contributed by atoms with Crippen LogP contribution in [0.4, 0.5) is 0 Å². The lowest BCUT2D eigenvalue weighted by Gasteiger charge is -2.34. The minimum Gasteiger partial charge on any atom is -0.294 e. The largest absolute Gasteiger partial charge is 0.294 e. The minimum absolute atomic E-state index is 0.317. The maximum Gasteiger partial charge on any atom is 0.0396 e. The molecule has 76 valence electrons. The van der Waals surface area contributed by atoms with E-state index >= 15 is 0 Å². The molecule has 0 N–H and O–H groups in total. The highest BCUT2D eigenvalue weighted by Gasteiger charge is 2.56. The Hall–Kier alpha value is -0.300. The van der Waals surface area contributed by atoms with Gasteiger partial charge in [0.1, 0.15) is 0 Å². The van der Waals surface area contributed by atoms with Crippen LogP contribution in [0.5, 0.6) is 0 Å². The van der Waals surface area contributed by atoms with Crippen LogP contribution in [0.3, 0.4) is 0 Å². The topological polar surface area (TPSA) is 3.01 Å². The van der Waals surface area contributed by atoms with E-state index in [2.05, 4.69) is 52.5 Å². The number of likely N-dealkylation sites (N-methyl/N-ethyl adjacent to an activating group) is 1. The van der Waals surface area contributed by atoms with Gasteiger partial charge in [-0.25, -0.2) is 0 Å². The van der Waals surface area contributed by atoms with Gasteiger partial charge in [-0.3, -0.25) is 4.90 Å². The third-order valence-electron chi connectivity index (χ3n) is 4.24. The molecule has 1 nitrogen and oxygen atoms in total. The quantitative estimate of drug-likeness (QED) is 0.477. The zero-order chi connectivity index (χ0) is 10.3. The predicted octanol–water partition coefficient (Wildman–Crippen LogP) is 3.07. The first-order valence-corrected chi connectivity index (χ1v) is 5.28. The van der Waals surface area contributed by atoms with Crippen LogP contribution in [-0.2, 0) is 0 Å². The van der Waals surface area contributed by atoms with Gasteiger partial charge in [0.25, 0.3) is 0 Å². The fraction of sp³-hybridized carbons (Fsp3) is 0.833. The van der Waals surface area contributed by atoms with Crippen LogP contribution in [-0.4, -0.2) is 23.5 Å². The van der Waals surface area contributed by atoms with Gasteiger partial charge in [0, 0.05) is 17.5 Å². The molecule has 1 saturated heterocycles. The van der Waals surface area contributed by atoms with Crippen molar-refractivity contribution in [1.82, 2.24) is 4.90 Å². The molecule has 13 heavy (non-hydrogen) atoms. The molecule has 0 aromatic carbocycles. The average molecular weight is 181 g/mol. The van der Waals surface area contributed by atoms with Gasteiger partial charge in [0.2, 0.25) is 0 Å². The summed E-state index contributed by atoms with van der Waals surface area (Å²) in [5, 5.41) is 0. The van der Waals surface area contributed by atoms with E-state index in [9.17, 15) is 0 Å². The summed E-state index contributed by atoms with van der Waals surface area (Å²) in [6, 6.07) is 0. The Morgan fingerprint density at radius 3 is 2.38 bits per heavy atom. The third kappa shape index (κ3) is 1.43. The zero-order valence-electron chi connectivity index (χ0n) is 9.94. The molecule has 0 aromatic heterocycles. The van der Waals surface area contributed by atoms with Crippen LogP contribution in [0.2, 0.25) is 0 Å². The first kappa shape index (κ1) is 10.8. The molecule has 1 rings (SSSR count). The van der Waals surface area contributed by atoms with E-state index in [4.69, 9.17) is 0 Å². The second-order valence-corrected chi connectivity index (χ2v) is 4.88. The van der Waals surface area contributed by atoms with E-state index in [0.29, 0.717) is 11.0 Å². The molecule has 0 aliphatic carbocycles. The lowest BCUT2D eigenvalue weighted by molar-refractivity contribution is 0.260. The van der Waals surface area contributed by atoms with Crippen molar-refractivity contribution in [3.63, 3.8) is 0 Å². The SMILES string of the molecule is C/C=C(\C)C(C)(C)C1(C)CN1CC. The van der Waals surface area contributed by atoms with Crippen molar-refractivity contribution < 1.29 is 0 Å². The predicted molar refractivity (Wildman–Crippen MR) is 58.9 cm³/mol. The van der Waals surface area contributed by atoms with E-state index in [1.165, 1.54) is 18.7 Å². The van der Waals surface area contributed by atoms with Crippen molar-refractivity contribution in [3.05, 3.63) is 11.6 Å². The molecule has 0 saturated carbocycles. The van der Waals surface area contributed by atoms with Gasteiger partial charge in [-0.1, -0.05) is 32.4 Å². The van der Waals surface area contributed by atoms with Gasteiger partial charge in [-0.2, -0.15) is 0 Å². The summed E-state index contributed by atoms with van der Waals surface area (Å²) in [4.78, 5) is 2.54. The van der Waals surface area contributed by atoms with Crippen molar-refractivity contribution in [2.75, 3.05) is 13.1 Å². The lowest BCUT2D eigenvalue weighted by atomic mass is 9.73. The summed E-state index contributed by atoms with van der Waals surface area (Å²) < 4.78 is 0. The summed E-state index contributed by atoms with van der Waals surface area (Å²) in [6.45, 7) is 16.2.